The molecule has 0 unspecified atom stereocenters. The largest absolute Gasteiger partial charge is 0.496 e. The van der Waals surface area contributed by atoms with E-state index in [1.807, 2.05) is 12.1 Å². The van der Waals surface area contributed by atoms with E-state index in [0.29, 0.717) is 17.2 Å². The summed E-state index contributed by atoms with van der Waals surface area (Å²) >= 11 is 0. The van der Waals surface area contributed by atoms with Crippen molar-refractivity contribution in [2.24, 2.45) is 5.92 Å². The van der Waals surface area contributed by atoms with Crippen LogP contribution in [-0.2, 0) is 12.8 Å². The zero-order valence-corrected chi connectivity index (χ0v) is 13.1. The minimum absolute atomic E-state index is 0.540. The number of hydrogen-bond acceptors (Lipinski definition) is 4. The van der Waals surface area contributed by atoms with Crippen molar-refractivity contribution in [2.75, 3.05) is 7.11 Å². The molecule has 0 aliphatic carbocycles. The average Bonchev–Trinajstić information content (AvgIpc) is 2.50. The third-order valence-electron chi connectivity index (χ3n) is 3.58. The van der Waals surface area contributed by atoms with Gasteiger partial charge in [0.2, 0.25) is 0 Å². The number of ether oxygens (including phenoxy) is 1. The number of aromatic nitrogens is 2. The molecule has 0 radical (unpaired) electrons. The zero-order chi connectivity index (χ0) is 15.4. The van der Waals surface area contributed by atoms with E-state index in [1.165, 1.54) is 0 Å². The maximum Gasteiger partial charge on any atom is 0.153 e. The van der Waals surface area contributed by atoms with Crippen molar-refractivity contribution >= 4 is 17.2 Å². The molecule has 0 aliphatic heterocycles. The van der Waals surface area contributed by atoms with Crippen LogP contribution in [0.3, 0.4) is 0 Å². The van der Waals surface area contributed by atoms with Crippen LogP contribution in [0.15, 0.2) is 12.1 Å². The van der Waals surface area contributed by atoms with Crippen LogP contribution in [0.5, 0.6) is 5.75 Å². The second-order valence-corrected chi connectivity index (χ2v) is 5.60. The Labute approximate surface area is 125 Å². The Balaban J connectivity index is 2.55. The first-order valence-electron chi connectivity index (χ1n) is 7.41. The normalized spacial score (nSPS) is 11.1. The van der Waals surface area contributed by atoms with Crippen molar-refractivity contribution in [1.82, 2.24) is 9.97 Å². The fraction of sp³-hybridized carbons (Fsp3) is 0.471. The van der Waals surface area contributed by atoms with Crippen molar-refractivity contribution < 1.29 is 9.53 Å². The summed E-state index contributed by atoms with van der Waals surface area (Å²) in [6.07, 6.45) is 3.57. The lowest BCUT2D eigenvalue weighted by Gasteiger charge is -2.11. The highest BCUT2D eigenvalue weighted by Crippen LogP contribution is 2.26. The summed E-state index contributed by atoms with van der Waals surface area (Å²) in [4.78, 5) is 20.4. The molecule has 0 aliphatic rings. The van der Waals surface area contributed by atoms with E-state index in [-0.39, 0.29) is 0 Å². The van der Waals surface area contributed by atoms with Gasteiger partial charge in [-0.15, -0.1) is 0 Å². The van der Waals surface area contributed by atoms with Crippen LogP contribution in [0.25, 0.3) is 10.9 Å². The van der Waals surface area contributed by atoms with E-state index < -0.39 is 0 Å². The number of carbonyl (C=O) groups is 1. The Hall–Kier alpha value is -1.97. The molecular weight excluding hydrogens is 264 g/mol. The molecule has 2 rings (SSSR count). The molecule has 1 aromatic heterocycles. The second-order valence-electron chi connectivity index (χ2n) is 5.60. The molecule has 21 heavy (non-hydrogen) atoms. The topological polar surface area (TPSA) is 52.1 Å². The van der Waals surface area contributed by atoms with Gasteiger partial charge in [0.25, 0.3) is 0 Å². The predicted molar refractivity (Wildman–Crippen MR) is 84.0 cm³/mol. The number of benzene rings is 1. The standard InChI is InChI=1S/C17H22N2O2/c1-5-14-13-8-12(10-20)16(21-4)9-15(13)19-17(18-14)7-6-11(2)3/h8-11H,5-7H2,1-4H3. The van der Waals surface area contributed by atoms with Crippen LogP contribution in [0.1, 0.15) is 49.1 Å². The van der Waals surface area contributed by atoms with E-state index >= 15 is 0 Å². The van der Waals surface area contributed by atoms with Gasteiger partial charge in [0.05, 0.1) is 23.9 Å². The van der Waals surface area contributed by atoms with Gasteiger partial charge in [-0.25, -0.2) is 9.97 Å². The Kier molecular flexibility index (Phi) is 4.89. The minimum Gasteiger partial charge on any atom is -0.496 e. The summed E-state index contributed by atoms with van der Waals surface area (Å²) < 4.78 is 5.26. The number of aldehydes is 1. The quantitative estimate of drug-likeness (QED) is 0.761. The predicted octanol–water partition coefficient (Wildman–Crippen LogP) is 3.60. The molecule has 4 heteroatoms. The Bertz CT molecular complexity index is 651. The molecule has 1 aromatic carbocycles. The summed E-state index contributed by atoms with van der Waals surface area (Å²) in [5.41, 5.74) is 2.38. The van der Waals surface area contributed by atoms with E-state index in [9.17, 15) is 4.79 Å². The smallest absolute Gasteiger partial charge is 0.153 e. The fourth-order valence-electron chi connectivity index (χ4n) is 2.36. The molecule has 0 saturated heterocycles. The highest BCUT2D eigenvalue weighted by Gasteiger charge is 2.11. The van der Waals surface area contributed by atoms with Gasteiger partial charge >= 0.3 is 0 Å². The molecule has 0 amide bonds. The number of carbonyl (C=O) groups excluding carboxylic acids is 1. The molecule has 2 aromatic rings. The lowest BCUT2D eigenvalue weighted by molar-refractivity contribution is 0.112. The minimum atomic E-state index is 0.540. The van der Waals surface area contributed by atoms with Gasteiger partial charge in [-0.2, -0.15) is 0 Å². The lowest BCUT2D eigenvalue weighted by Crippen LogP contribution is -2.04. The number of methoxy groups -OCH3 is 1. The average molecular weight is 286 g/mol. The number of hydrogen-bond donors (Lipinski definition) is 0. The zero-order valence-electron chi connectivity index (χ0n) is 13.1. The first-order chi connectivity index (χ1) is 10.1. The van der Waals surface area contributed by atoms with Gasteiger partial charge < -0.3 is 4.74 Å². The summed E-state index contributed by atoms with van der Waals surface area (Å²) in [6, 6.07) is 3.66. The van der Waals surface area contributed by atoms with Gasteiger partial charge in [-0.1, -0.05) is 20.8 Å². The summed E-state index contributed by atoms with van der Waals surface area (Å²) in [5, 5.41) is 0.939. The summed E-state index contributed by atoms with van der Waals surface area (Å²) in [5.74, 6) is 2.06. The van der Waals surface area contributed by atoms with E-state index in [4.69, 9.17) is 4.74 Å². The van der Waals surface area contributed by atoms with E-state index in [1.54, 1.807) is 7.11 Å². The van der Waals surface area contributed by atoms with Gasteiger partial charge in [0.15, 0.2) is 6.29 Å². The van der Waals surface area contributed by atoms with Crippen LogP contribution in [0.4, 0.5) is 0 Å². The first-order valence-corrected chi connectivity index (χ1v) is 7.41. The monoisotopic (exact) mass is 286 g/mol. The highest BCUT2D eigenvalue weighted by atomic mass is 16.5. The lowest BCUT2D eigenvalue weighted by atomic mass is 10.1. The van der Waals surface area contributed by atoms with E-state index in [0.717, 1.165) is 48.0 Å². The molecule has 4 nitrogen and oxygen atoms in total. The van der Waals surface area contributed by atoms with Crippen LogP contribution in [0.2, 0.25) is 0 Å². The molecular formula is C17H22N2O2. The summed E-state index contributed by atoms with van der Waals surface area (Å²) in [6.45, 7) is 6.46. The molecule has 0 atom stereocenters. The van der Waals surface area contributed by atoms with Gasteiger partial charge in [-0.05, 0) is 24.8 Å². The molecule has 0 N–H and O–H groups in total. The van der Waals surface area contributed by atoms with Gasteiger partial charge in [0.1, 0.15) is 11.6 Å². The first kappa shape index (κ1) is 15.4. The van der Waals surface area contributed by atoms with Crippen molar-refractivity contribution in [1.29, 1.82) is 0 Å². The second kappa shape index (κ2) is 6.66. The number of aryl methyl sites for hydroxylation is 2. The van der Waals surface area contributed by atoms with Crippen LogP contribution in [0, 0.1) is 5.92 Å². The molecule has 0 saturated carbocycles. The number of nitrogens with zero attached hydrogens (tertiary/aromatic N) is 2. The highest BCUT2D eigenvalue weighted by molar-refractivity contribution is 5.91. The maximum absolute atomic E-state index is 11.2. The fourth-order valence-corrected chi connectivity index (χ4v) is 2.36. The molecule has 0 fully saturated rings. The third kappa shape index (κ3) is 3.38. The Morgan fingerprint density at radius 2 is 2.05 bits per heavy atom. The van der Waals surface area contributed by atoms with Crippen molar-refractivity contribution in [3.63, 3.8) is 0 Å². The van der Waals surface area contributed by atoms with Crippen molar-refractivity contribution in [3.05, 3.63) is 29.2 Å². The number of rotatable bonds is 6. The van der Waals surface area contributed by atoms with Gasteiger partial charge in [-0.3, -0.25) is 4.79 Å². The van der Waals surface area contributed by atoms with Crippen LogP contribution in [-0.4, -0.2) is 23.4 Å². The SMILES string of the molecule is CCc1nc(CCC(C)C)nc2cc(OC)c(C=O)cc12. The molecule has 112 valence electrons. The van der Waals surface area contributed by atoms with Crippen molar-refractivity contribution in [2.45, 2.75) is 40.0 Å². The number of fused-ring (bicyclic) bond motifs is 1. The molecule has 1 heterocycles. The Morgan fingerprint density at radius 1 is 1.29 bits per heavy atom. The maximum atomic E-state index is 11.2. The molecule has 0 bridgehead atoms. The van der Waals surface area contributed by atoms with Gasteiger partial charge in [0, 0.05) is 17.9 Å². The van der Waals surface area contributed by atoms with E-state index in [2.05, 4.69) is 30.7 Å². The third-order valence-corrected chi connectivity index (χ3v) is 3.58. The van der Waals surface area contributed by atoms with Crippen LogP contribution < -0.4 is 4.74 Å². The summed E-state index contributed by atoms with van der Waals surface area (Å²) in [7, 11) is 1.57. The molecule has 0 spiro atoms. The van der Waals surface area contributed by atoms with Crippen LogP contribution >= 0.6 is 0 Å². The Morgan fingerprint density at radius 3 is 2.62 bits per heavy atom. The van der Waals surface area contributed by atoms with Crippen molar-refractivity contribution in [3.8, 4) is 5.75 Å².